The van der Waals surface area contributed by atoms with Crippen molar-refractivity contribution in [1.29, 1.82) is 0 Å². The monoisotopic (exact) mass is 1300 g/mol. The third-order valence-electron chi connectivity index (χ3n) is 21.5. The van der Waals surface area contributed by atoms with E-state index in [0.29, 0.717) is 5.41 Å². The molecule has 0 heteroatoms. The molecular formula is C92H198. The summed E-state index contributed by atoms with van der Waals surface area (Å²) in [6, 6.07) is 0. The first kappa shape index (κ1) is 105. The van der Waals surface area contributed by atoms with Crippen molar-refractivity contribution in [3.63, 3.8) is 0 Å². The highest BCUT2D eigenvalue weighted by Gasteiger charge is 2.59. The van der Waals surface area contributed by atoms with Crippen LogP contribution in [0.1, 0.15) is 493 Å². The van der Waals surface area contributed by atoms with E-state index in [1.807, 2.05) is 0 Å². The maximum Gasteiger partial charge on any atom is -0.0268 e. The maximum absolute atomic E-state index is 2.37. The van der Waals surface area contributed by atoms with Gasteiger partial charge in [-0.1, -0.05) is 435 Å². The van der Waals surface area contributed by atoms with E-state index in [2.05, 4.69) is 242 Å². The van der Waals surface area contributed by atoms with Gasteiger partial charge in [-0.15, -0.1) is 0 Å². The zero-order valence-corrected chi connectivity index (χ0v) is 72.7. The Kier molecular flexibility index (Phi) is 81.2. The topological polar surface area (TPSA) is 0 Å². The minimum absolute atomic E-state index is 0.550. The van der Waals surface area contributed by atoms with E-state index in [1.54, 1.807) is 19.3 Å². The molecule has 0 amide bonds. The summed E-state index contributed by atoms with van der Waals surface area (Å²) >= 11 is 0. The molecule has 566 valence electrons. The molecule has 0 aromatic heterocycles. The Labute approximate surface area is 594 Å². The molecule has 7 aliphatic carbocycles. The predicted octanol–water partition coefficient (Wildman–Crippen LogP) is 35.0. The van der Waals surface area contributed by atoms with E-state index >= 15 is 0 Å². The van der Waals surface area contributed by atoms with E-state index in [4.69, 9.17) is 0 Å². The molecule has 7 rings (SSSR count). The van der Waals surface area contributed by atoms with Crippen LogP contribution in [-0.4, -0.2) is 0 Å². The molecule has 6 atom stereocenters. The van der Waals surface area contributed by atoms with Crippen LogP contribution in [-0.2, 0) is 0 Å². The normalized spacial score (nSPS) is 21.3. The van der Waals surface area contributed by atoms with Crippen molar-refractivity contribution in [2.24, 2.45) is 105 Å². The largest absolute Gasteiger partial charge is 0.0654 e. The molecule has 92 heavy (non-hydrogen) atoms. The SMILES string of the molecule is CC(C)CC(C)C.CC1(C)CCC1.CC1CC(C)C1.CC1CCCC1.CC1CC[C@H]1C.CCC1CCC1.CCCC(C)(C)C.CCCC(C)CC.CCCCC(C)C.CCCCC(C)C.CCCCCCC.CCC[C@H](C)CC.CC[C@H](C)C(C)C.C[C@H]1CC12CC2. The van der Waals surface area contributed by atoms with Gasteiger partial charge < -0.3 is 0 Å². The second-order valence-corrected chi connectivity index (χ2v) is 36.5. The zero-order chi connectivity index (χ0) is 72.7. The van der Waals surface area contributed by atoms with Crippen molar-refractivity contribution >= 4 is 0 Å². The van der Waals surface area contributed by atoms with Gasteiger partial charge in [0.2, 0.25) is 0 Å². The smallest absolute Gasteiger partial charge is 0.0268 e. The molecule has 0 aliphatic heterocycles. The molecule has 2 unspecified atom stereocenters. The predicted molar refractivity (Wildman–Crippen MR) is 438 cm³/mol. The molecule has 0 heterocycles. The molecular weight excluding hydrogens is 1110 g/mol. The van der Waals surface area contributed by atoms with Gasteiger partial charge in [0.1, 0.15) is 0 Å². The average molecular weight is 1300 g/mol. The minimum atomic E-state index is 0.550. The minimum Gasteiger partial charge on any atom is -0.0654 e. The Morgan fingerprint density at radius 1 is 0.380 bits per heavy atom. The van der Waals surface area contributed by atoms with Crippen molar-refractivity contribution in [3.05, 3.63) is 0 Å². The van der Waals surface area contributed by atoms with Gasteiger partial charge in [-0.3, -0.25) is 0 Å². The molecule has 0 N–H and O–H groups in total. The van der Waals surface area contributed by atoms with Crippen LogP contribution < -0.4 is 0 Å². The Balaban J connectivity index is -0.000000169. The van der Waals surface area contributed by atoms with Crippen LogP contribution in [0.2, 0.25) is 0 Å². The molecule has 7 aliphatic rings. The fourth-order valence-electron chi connectivity index (χ4n) is 11.9. The van der Waals surface area contributed by atoms with Crippen LogP contribution in [0.4, 0.5) is 0 Å². The maximum atomic E-state index is 2.37. The summed E-state index contributed by atoms with van der Waals surface area (Å²) in [5.74, 6) is 14.6. The molecule has 0 nitrogen and oxygen atoms in total. The lowest BCUT2D eigenvalue weighted by molar-refractivity contribution is 0.190. The standard InChI is InChI=1S/8C7H16.C6H10.5C6H12/c1-6(2)5-7(3)4;1-5-6-7(2,3)4;1-5-7(4)6(2)3;2*1-4-5-6-7(2)3;2*1-4-6-7(3)5-2;1-3-5-7-6-4-2;1-5-4-6(5)2-3-6;1-5-3-6(2)4-5;1-6(2)4-3-5-6;1-5-3-4-6(5)2;1-6-4-2-3-5-6;1-2-6-4-3-5-6/h6-7H,5H2,1-4H3;5-6H2,1-4H3;6-7H,5H2,1-4H3;4*7H,4-6H2,1-3H3;3-7H2,1-2H3;5H,2-4H2,1H3;5-6H,3-4H2,1-2H3;3-5H2,1-2H3;5-6H,3-4H2,1-2H3;2*6H,2-5H2,1H3/t;;7-;;;7-;;;5-;;;5-,6?;;/m..0..1..0..1../s1. The summed E-state index contributed by atoms with van der Waals surface area (Å²) < 4.78 is 0. The molecule has 7 fully saturated rings. The summed E-state index contributed by atoms with van der Waals surface area (Å²) in [4.78, 5) is 0. The number of hydrogen-bond donors (Lipinski definition) is 0. The van der Waals surface area contributed by atoms with Crippen molar-refractivity contribution in [3.8, 4) is 0 Å². The quantitative estimate of drug-likeness (QED) is 0.0948. The number of rotatable bonds is 22. The Morgan fingerprint density at radius 3 is 0.804 bits per heavy atom. The van der Waals surface area contributed by atoms with Gasteiger partial charge in [0, 0.05) is 0 Å². The first-order chi connectivity index (χ1) is 42.9. The lowest BCUT2D eigenvalue weighted by atomic mass is 9.72. The van der Waals surface area contributed by atoms with Crippen LogP contribution in [0.15, 0.2) is 0 Å². The van der Waals surface area contributed by atoms with Gasteiger partial charge in [0.15, 0.2) is 0 Å². The molecule has 1 spiro atoms. The summed E-state index contributed by atoms with van der Waals surface area (Å²) in [5, 5.41) is 0. The molecule has 0 saturated heterocycles. The van der Waals surface area contributed by atoms with Crippen molar-refractivity contribution < 1.29 is 0 Å². The Morgan fingerprint density at radius 2 is 0.750 bits per heavy atom. The van der Waals surface area contributed by atoms with Crippen molar-refractivity contribution in [1.82, 2.24) is 0 Å². The molecule has 0 aromatic rings. The highest BCUT2D eigenvalue weighted by molar-refractivity contribution is 5.10. The third kappa shape index (κ3) is 88.0. The van der Waals surface area contributed by atoms with E-state index < -0.39 is 0 Å². The van der Waals surface area contributed by atoms with Gasteiger partial charge >= 0.3 is 0 Å². The molecule has 0 bridgehead atoms. The van der Waals surface area contributed by atoms with Crippen LogP contribution >= 0.6 is 0 Å². The van der Waals surface area contributed by atoms with Crippen LogP contribution in [0.25, 0.3) is 0 Å². The molecule has 0 radical (unpaired) electrons. The summed E-state index contributed by atoms with van der Waals surface area (Å²) in [6.07, 6.45) is 55.6. The average Bonchev–Trinajstić information content (AvgIpc) is 1.57. The first-order valence-electron chi connectivity index (χ1n) is 42.9. The van der Waals surface area contributed by atoms with Crippen LogP contribution in [0.3, 0.4) is 0 Å². The Hall–Kier alpha value is 0. The number of hydrogen-bond acceptors (Lipinski definition) is 0. The van der Waals surface area contributed by atoms with E-state index in [0.717, 1.165) is 99.6 Å². The summed E-state index contributed by atoms with van der Waals surface area (Å²) in [7, 11) is 0. The zero-order valence-electron chi connectivity index (χ0n) is 72.7. The fraction of sp³-hybridized carbons (Fsp3) is 1.00. The van der Waals surface area contributed by atoms with Crippen LogP contribution in [0.5, 0.6) is 0 Å². The second-order valence-electron chi connectivity index (χ2n) is 36.5. The molecule has 7 saturated carbocycles. The van der Waals surface area contributed by atoms with E-state index in [9.17, 15) is 0 Å². The van der Waals surface area contributed by atoms with Crippen molar-refractivity contribution in [2.75, 3.05) is 0 Å². The molecule has 0 aromatic carbocycles. The van der Waals surface area contributed by atoms with Gasteiger partial charge in [-0.25, -0.2) is 0 Å². The second kappa shape index (κ2) is 70.8. The fourth-order valence-corrected chi connectivity index (χ4v) is 11.9. The number of unbranched alkanes of at least 4 members (excludes halogenated alkanes) is 6. The van der Waals surface area contributed by atoms with Crippen LogP contribution in [0, 0.1) is 105 Å². The highest BCUT2D eigenvalue weighted by atomic mass is 14.6. The van der Waals surface area contributed by atoms with Gasteiger partial charge in [-0.2, -0.15) is 0 Å². The first-order valence-corrected chi connectivity index (χ1v) is 42.9. The van der Waals surface area contributed by atoms with Gasteiger partial charge in [0.05, 0.1) is 0 Å². The van der Waals surface area contributed by atoms with Crippen molar-refractivity contribution in [2.45, 2.75) is 493 Å². The van der Waals surface area contributed by atoms with E-state index in [-0.39, 0.29) is 0 Å². The Bertz CT molecular complexity index is 1260. The lowest BCUT2D eigenvalue weighted by Crippen LogP contribution is -2.20. The summed E-state index contributed by atoms with van der Waals surface area (Å²) in [6.45, 7) is 79.8. The summed E-state index contributed by atoms with van der Waals surface area (Å²) in [5.41, 5.74) is 2.23. The third-order valence-corrected chi connectivity index (χ3v) is 21.5. The van der Waals surface area contributed by atoms with Gasteiger partial charge in [0.25, 0.3) is 0 Å². The highest BCUT2D eigenvalue weighted by Crippen LogP contribution is 2.70. The van der Waals surface area contributed by atoms with E-state index in [1.165, 1.54) is 231 Å². The lowest BCUT2D eigenvalue weighted by Gasteiger charge is -2.33. The van der Waals surface area contributed by atoms with Gasteiger partial charge in [-0.05, 0) is 163 Å².